The van der Waals surface area contributed by atoms with Crippen molar-refractivity contribution >= 4 is 17.8 Å². The quantitative estimate of drug-likeness (QED) is 0.780. The van der Waals surface area contributed by atoms with Crippen LogP contribution in [0.4, 0.5) is 0 Å². The zero-order valence-corrected chi connectivity index (χ0v) is 15.5. The monoisotopic (exact) mass is 362 g/mol. The summed E-state index contributed by atoms with van der Waals surface area (Å²) < 4.78 is 10.1. The van der Waals surface area contributed by atoms with Crippen LogP contribution in [-0.4, -0.2) is 55.0 Å². The Morgan fingerprint density at radius 2 is 1.81 bits per heavy atom. The largest absolute Gasteiger partial charge is 0.496 e. The number of hydrogen-bond acceptors (Lipinski definition) is 5. The van der Waals surface area contributed by atoms with Gasteiger partial charge in [0.05, 0.1) is 12.7 Å². The summed E-state index contributed by atoms with van der Waals surface area (Å²) in [5, 5.41) is 2.48. The molecule has 1 aliphatic heterocycles. The van der Waals surface area contributed by atoms with Crippen molar-refractivity contribution in [1.29, 1.82) is 0 Å². The van der Waals surface area contributed by atoms with Crippen LogP contribution in [0.15, 0.2) is 24.3 Å². The first-order chi connectivity index (χ1) is 12.4. The Morgan fingerprint density at radius 1 is 1.15 bits per heavy atom. The Labute approximate surface area is 153 Å². The number of benzene rings is 1. The van der Waals surface area contributed by atoms with Gasteiger partial charge in [0.15, 0.2) is 6.61 Å². The van der Waals surface area contributed by atoms with Gasteiger partial charge in [-0.1, -0.05) is 12.1 Å². The number of hydrogen-bond donors (Lipinski definition) is 1. The maximum atomic E-state index is 12.3. The van der Waals surface area contributed by atoms with Crippen LogP contribution in [0.3, 0.4) is 0 Å². The van der Waals surface area contributed by atoms with E-state index in [2.05, 4.69) is 5.32 Å². The third kappa shape index (κ3) is 4.97. The number of likely N-dealkylation sites (tertiary alicyclic amines) is 1. The predicted molar refractivity (Wildman–Crippen MR) is 95.9 cm³/mol. The molecule has 0 aliphatic carbocycles. The van der Waals surface area contributed by atoms with E-state index in [9.17, 15) is 14.4 Å². The number of carbonyl (C=O) groups is 3. The molecule has 7 heteroatoms. The van der Waals surface area contributed by atoms with Crippen LogP contribution in [0.1, 0.15) is 43.5 Å². The average molecular weight is 362 g/mol. The normalized spacial score (nSPS) is 19.6. The molecule has 1 aliphatic rings. The van der Waals surface area contributed by atoms with Gasteiger partial charge in [-0.05, 0) is 45.2 Å². The van der Waals surface area contributed by atoms with Gasteiger partial charge >= 0.3 is 5.97 Å². The Morgan fingerprint density at radius 3 is 2.46 bits per heavy atom. The summed E-state index contributed by atoms with van der Waals surface area (Å²) in [6.45, 7) is 3.39. The van der Waals surface area contributed by atoms with Crippen molar-refractivity contribution in [3.8, 4) is 5.75 Å². The molecule has 0 unspecified atom stereocenters. The minimum Gasteiger partial charge on any atom is -0.496 e. The van der Waals surface area contributed by atoms with Crippen molar-refractivity contribution in [3.63, 3.8) is 0 Å². The van der Waals surface area contributed by atoms with Crippen LogP contribution in [0.2, 0.25) is 0 Å². The summed E-state index contributed by atoms with van der Waals surface area (Å²) in [4.78, 5) is 38.1. The number of rotatable bonds is 6. The summed E-state index contributed by atoms with van der Waals surface area (Å²) >= 11 is 0. The van der Waals surface area contributed by atoms with E-state index in [0.717, 1.165) is 19.3 Å². The number of esters is 1. The molecule has 1 N–H and O–H groups in total. The Bertz CT molecular complexity index is 651. The van der Waals surface area contributed by atoms with Crippen molar-refractivity contribution in [3.05, 3.63) is 29.8 Å². The van der Waals surface area contributed by atoms with E-state index in [1.165, 1.54) is 7.11 Å². The Kier molecular flexibility index (Phi) is 7.00. The smallest absolute Gasteiger partial charge is 0.325 e. The molecule has 26 heavy (non-hydrogen) atoms. The van der Waals surface area contributed by atoms with Crippen LogP contribution in [-0.2, 0) is 14.3 Å². The van der Waals surface area contributed by atoms with E-state index in [1.807, 2.05) is 13.8 Å². The van der Waals surface area contributed by atoms with Crippen molar-refractivity contribution in [2.75, 3.05) is 20.3 Å². The zero-order valence-electron chi connectivity index (χ0n) is 15.5. The van der Waals surface area contributed by atoms with Crippen molar-refractivity contribution < 1.29 is 23.9 Å². The maximum Gasteiger partial charge on any atom is 0.325 e. The van der Waals surface area contributed by atoms with Crippen LogP contribution in [0.5, 0.6) is 5.75 Å². The van der Waals surface area contributed by atoms with E-state index in [-0.39, 0.29) is 31.1 Å². The number of para-hydroxylation sites is 1. The molecule has 0 radical (unpaired) electrons. The highest BCUT2D eigenvalue weighted by atomic mass is 16.5. The first-order valence-corrected chi connectivity index (χ1v) is 8.82. The summed E-state index contributed by atoms with van der Waals surface area (Å²) in [5.74, 6) is -0.876. The zero-order chi connectivity index (χ0) is 19.1. The lowest BCUT2D eigenvalue weighted by Crippen LogP contribution is -2.49. The summed E-state index contributed by atoms with van der Waals surface area (Å²) in [6, 6.07) is 7.01. The average Bonchev–Trinajstić information content (AvgIpc) is 2.64. The molecule has 1 fully saturated rings. The van der Waals surface area contributed by atoms with E-state index >= 15 is 0 Å². The molecule has 1 saturated heterocycles. The highest BCUT2D eigenvalue weighted by Crippen LogP contribution is 2.22. The minimum absolute atomic E-state index is 0.148. The topological polar surface area (TPSA) is 84.9 Å². The number of nitrogens with zero attached hydrogens (tertiary/aromatic N) is 1. The highest BCUT2D eigenvalue weighted by molar-refractivity contribution is 5.98. The lowest BCUT2D eigenvalue weighted by Gasteiger charge is -2.38. The molecule has 0 saturated carbocycles. The maximum absolute atomic E-state index is 12.3. The fraction of sp³-hybridized carbons (Fsp3) is 0.526. The summed E-state index contributed by atoms with van der Waals surface area (Å²) in [5.41, 5.74) is 0.329. The van der Waals surface area contributed by atoms with Crippen LogP contribution in [0.25, 0.3) is 0 Å². The number of nitrogens with one attached hydrogen (secondary N) is 1. The molecule has 0 aromatic heterocycles. The molecule has 1 aromatic rings. The van der Waals surface area contributed by atoms with Gasteiger partial charge in [-0.25, -0.2) is 0 Å². The van der Waals surface area contributed by atoms with Crippen LogP contribution < -0.4 is 10.1 Å². The number of methoxy groups -OCH3 is 1. The van der Waals surface area contributed by atoms with Gasteiger partial charge in [0.2, 0.25) is 0 Å². The molecule has 2 atom stereocenters. The number of piperidine rings is 1. The molecule has 7 nitrogen and oxygen atoms in total. The molecular formula is C19H26N2O5. The summed E-state index contributed by atoms with van der Waals surface area (Å²) in [6.07, 6.45) is 3.01. The molecule has 1 heterocycles. The summed E-state index contributed by atoms with van der Waals surface area (Å²) in [7, 11) is 1.47. The number of carbonyl (C=O) groups excluding carboxylic acids is 3. The first kappa shape index (κ1) is 19.8. The predicted octanol–water partition coefficient (Wildman–Crippen LogP) is 1.76. The van der Waals surface area contributed by atoms with Gasteiger partial charge in [0.1, 0.15) is 12.3 Å². The van der Waals surface area contributed by atoms with Crippen molar-refractivity contribution in [2.24, 2.45) is 0 Å². The second-order valence-corrected chi connectivity index (χ2v) is 6.47. The van der Waals surface area contributed by atoms with E-state index in [1.54, 1.807) is 29.2 Å². The van der Waals surface area contributed by atoms with Crippen LogP contribution >= 0.6 is 0 Å². The molecular weight excluding hydrogens is 336 g/mol. The van der Waals surface area contributed by atoms with Gasteiger partial charge in [0.25, 0.3) is 11.8 Å². The van der Waals surface area contributed by atoms with Gasteiger partial charge in [-0.2, -0.15) is 0 Å². The standard InChI is InChI=1S/C19H26N2O5/c1-13-7-6-8-14(2)21(13)17(22)12-26-18(23)11-20-19(24)15-9-4-5-10-16(15)25-3/h4-5,9-10,13-14H,6-8,11-12H2,1-3H3,(H,20,24)/t13-,14-/m0/s1. The molecule has 1 aromatic carbocycles. The third-order valence-electron chi connectivity index (χ3n) is 4.58. The van der Waals surface area contributed by atoms with E-state index < -0.39 is 11.9 Å². The van der Waals surface area contributed by atoms with Crippen LogP contribution in [0, 0.1) is 0 Å². The van der Waals surface area contributed by atoms with Gasteiger partial charge in [-0.15, -0.1) is 0 Å². The highest BCUT2D eigenvalue weighted by Gasteiger charge is 2.29. The minimum atomic E-state index is -0.654. The van der Waals surface area contributed by atoms with Crippen molar-refractivity contribution in [1.82, 2.24) is 10.2 Å². The fourth-order valence-corrected chi connectivity index (χ4v) is 3.26. The molecule has 2 amide bonds. The molecule has 0 bridgehead atoms. The van der Waals surface area contributed by atoms with E-state index in [4.69, 9.17) is 9.47 Å². The molecule has 2 rings (SSSR count). The first-order valence-electron chi connectivity index (χ1n) is 8.82. The number of ether oxygens (including phenoxy) is 2. The van der Waals surface area contributed by atoms with Gasteiger partial charge in [-0.3, -0.25) is 14.4 Å². The molecule has 142 valence electrons. The van der Waals surface area contributed by atoms with E-state index in [0.29, 0.717) is 11.3 Å². The second-order valence-electron chi connectivity index (χ2n) is 6.47. The SMILES string of the molecule is COc1ccccc1C(=O)NCC(=O)OCC(=O)N1[C@@H](C)CCC[C@@H]1C. The second kappa shape index (κ2) is 9.22. The van der Waals surface area contributed by atoms with Gasteiger partial charge < -0.3 is 19.7 Å². The van der Waals surface area contributed by atoms with Crippen molar-refractivity contribution in [2.45, 2.75) is 45.2 Å². The lowest BCUT2D eigenvalue weighted by molar-refractivity contribution is -0.154. The fourth-order valence-electron chi connectivity index (χ4n) is 3.26. The lowest BCUT2D eigenvalue weighted by atomic mass is 9.97. The Hall–Kier alpha value is -2.57. The Balaban J connectivity index is 1.80. The third-order valence-corrected chi connectivity index (χ3v) is 4.58. The molecule has 0 spiro atoms. The van der Waals surface area contributed by atoms with Gasteiger partial charge in [0, 0.05) is 12.1 Å². The number of amides is 2.